The number of piperidine rings is 1. The molecule has 1 fully saturated rings. The summed E-state index contributed by atoms with van der Waals surface area (Å²) in [5, 5.41) is 0. The van der Waals surface area contributed by atoms with Gasteiger partial charge in [-0.1, -0.05) is 19.9 Å². The highest BCUT2D eigenvalue weighted by Gasteiger charge is 2.26. The van der Waals surface area contributed by atoms with Crippen molar-refractivity contribution in [1.82, 2.24) is 4.90 Å². The number of likely N-dealkylation sites (tertiary alicyclic amines) is 1. The first-order valence-electron chi connectivity index (χ1n) is 7.73. The third-order valence-electron chi connectivity index (χ3n) is 4.57. The maximum atomic E-state index is 14.0. The lowest BCUT2D eigenvalue weighted by molar-refractivity contribution is 0.129. The largest absolute Gasteiger partial charge is 0.496 e. The van der Waals surface area contributed by atoms with Crippen LogP contribution in [-0.4, -0.2) is 31.6 Å². The molecule has 3 nitrogen and oxygen atoms in total. The van der Waals surface area contributed by atoms with Crippen LogP contribution in [0.4, 0.5) is 4.39 Å². The molecule has 1 aliphatic rings. The Morgan fingerprint density at radius 3 is 2.62 bits per heavy atom. The average molecular weight is 294 g/mol. The predicted octanol–water partition coefficient (Wildman–Crippen LogP) is 3.35. The zero-order chi connectivity index (χ0) is 15.5. The van der Waals surface area contributed by atoms with Gasteiger partial charge >= 0.3 is 0 Å². The number of halogens is 1. The highest BCUT2D eigenvalue weighted by Crippen LogP contribution is 2.31. The Bertz CT molecular complexity index is 466. The third kappa shape index (κ3) is 4.17. The monoisotopic (exact) mass is 294 g/mol. The second-order valence-corrected chi connectivity index (χ2v) is 6.76. The van der Waals surface area contributed by atoms with Crippen LogP contribution >= 0.6 is 0 Å². The van der Waals surface area contributed by atoms with E-state index >= 15 is 0 Å². The lowest BCUT2D eigenvalue weighted by atomic mass is 9.82. The van der Waals surface area contributed by atoms with Crippen LogP contribution in [-0.2, 0) is 0 Å². The molecule has 0 aromatic heterocycles. The van der Waals surface area contributed by atoms with Gasteiger partial charge in [0.05, 0.1) is 7.11 Å². The molecule has 0 radical (unpaired) electrons. The van der Waals surface area contributed by atoms with Crippen molar-refractivity contribution in [2.24, 2.45) is 11.1 Å². The summed E-state index contributed by atoms with van der Waals surface area (Å²) in [5.74, 6) is 0.268. The summed E-state index contributed by atoms with van der Waals surface area (Å²) < 4.78 is 19.2. The minimum Gasteiger partial charge on any atom is -0.496 e. The number of hydrogen-bond acceptors (Lipinski definition) is 3. The van der Waals surface area contributed by atoms with Crippen molar-refractivity contribution in [2.45, 2.75) is 39.2 Å². The fourth-order valence-electron chi connectivity index (χ4n) is 2.90. The van der Waals surface area contributed by atoms with Gasteiger partial charge in [0.15, 0.2) is 0 Å². The van der Waals surface area contributed by atoms with Gasteiger partial charge in [0, 0.05) is 11.6 Å². The zero-order valence-corrected chi connectivity index (χ0v) is 13.4. The van der Waals surface area contributed by atoms with E-state index in [1.807, 2.05) is 0 Å². The number of nitrogens with zero attached hydrogens (tertiary/aromatic N) is 1. The molecular formula is C17H27FN2O. The lowest BCUT2D eigenvalue weighted by Gasteiger charge is -2.37. The quantitative estimate of drug-likeness (QED) is 0.905. The van der Waals surface area contributed by atoms with Crippen molar-refractivity contribution >= 4 is 0 Å². The number of rotatable bonds is 5. The lowest BCUT2D eigenvalue weighted by Crippen LogP contribution is -2.38. The van der Waals surface area contributed by atoms with Crippen molar-refractivity contribution in [3.8, 4) is 5.75 Å². The Kier molecular flexibility index (Phi) is 5.22. The average Bonchev–Trinajstić information content (AvgIpc) is 2.45. The molecule has 4 heteroatoms. The van der Waals surface area contributed by atoms with Crippen molar-refractivity contribution in [3.63, 3.8) is 0 Å². The molecular weight excluding hydrogens is 267 g/mol. The predicted molar refractivity (Wildman–Crippen MR) is 84.0 cm³/mol. The van der Waals surface area contributed by atoms with Crippen molar-refractivity contribution in [1.29, 1.82) is 0 Å². The van der Waals surface area contributed by atoms with E-state index in [0.29, 0.717) is 16.7 Å². The van der Waals surface area contributed by atoms with Gasteiger partial charge < -0.3 is 15.4 Å². The topological polar surface area (TPSA) is 38.5 Å². The minimum absolute atomic E-state index is 0.276. The van der Waals surface area contributed by atoms with Crippen molar-refractivity contribution in [3.05, 3.63) is 29.6 Å². The Morgan fingerprint density at radius 2 is 2.00 bits per heavy atom. The van der Waals surface area contributed by atoms with E-state index in [0.717, 1.165) is 26.1 Å². The van der Waals surface area contributed by atoms with E-state index in [1.165, 1.54) is 18.9 Å². The standard InChI is InChI=1S/C17H27FN2O/c1-17(2)8-11-20(12-9-17)10-7-14(19)16-13(18)5-4-6-15(16)21-3/h4-6,14H,7-12,19H2,1-3H3. The fraction of sp³-hybridized carbons (Fsp3) is 0.647. The normalized spacial score (nSPS) is 20.2. The molecule has 1 unspecified atom stereocenters. The summed E-state index contributed by atoms with van der Waals surface area (Å²) in [5.41, 5.74) is 7.15. The van der Waals surface area contributed by atoms with Crippen molar-refractivity contribution in [2.75, 3.05) is 26.7 Å². The molecule has 1 atom stereocenters. The van der Waals surface area contributed by atoms with Gasteiger partial charge in [0.2, 0.25) is 0 Å². The molecule has 0 aliphatic carbocycles. The molecule has 1 saturated heterocycles. The fourth-order valence-corrected chi connectivity index (χ4v) is 2.90. The summed E-state index contributed by atoms with van der Waals surface area (Å²) in [7, 11) is 1.55. The molecule has 2 rings (SSSR count). The molecule has 1 heterocycles. The van der Waals surface area contributed by atoms with Gasteiger partial charge in [0.1, 0.15) is 11.6 Å². The summed E-state index contributed by atoms with van der Waals surface area (Å²) >= 11 is 0. The van der Waals surface area contributed by atoms with Crippen LogP contribution in [0.3, 0.4) is 0 Å². The van der Waals surface area contributed by atoms with Crippen LogP contribution in [0.2, 0.25) is 0 Å². The van der Waals surface area contributed by atoms with Gasteiger partial charge in [-0.2, -0.15) is 0 Å². The Morgan fingerprint density at radius 1 is 1.33 bits per heavy atom. The maximum Gasteiger partial charge on any atom is 0.131 e. The van der Waals surface area contributed by atoms with Crippen LogP contribution in [0.25, 0.3) is 0 Å². The van der Waals surface area contributed by atoms with Gasteiger partial charge in [-0.15, -0.1) is 0 Å². The SMILES string of the molecule is COc1cccc(F)c1C(N)CCN1CCC(C)(C)CC1. The molecule has 0 bridgehead atoms. The number of hydrogen-bond donors (Lipinski definition) is 1. The Labute approximate surface area is 127 Å². The van der Waals surface area contributed by atoms with Crippen LogP contribution < -0.4 is 10.5 Å². The summed E-state index contributed by atoms with van der Waals surface area (Å²) in [4.78, 5) is 2.43. The van der Waals surface area contributed by atoms with E-state index < -0.39 is 0 Å². The molecule has 1 aromatic rings. The van der Waals surface area contributed by atoms with E-state index in [2.05, 4.69) is 18.7 Å². The second kappa shape index (κ2) is 6.75. The van der Waals surface area contributed by atoms with Gasteiger partial charge in [-0.3, -0.25) is 0 Å². The van der Waals surface area contributed by atoms with Gasteiger partial charge in [0.25, 0.3) is 0 Å². The first kappa shape index (κ1) is 16.2. The molecule has 0 spiro atoms. The van der Waals surface area contributed by atoms with Crippen LogP contribution in [0, 0.1) is 11.2 Å². The number of benzene rings is 1. The Hall–Kier alpha value is -1.13. The molecule has 21 heavy (non-hydrogen) atoms. The number of nitrogens with two attached hydrogens (primary N) is 1. The van der Waals surface area contributed by atoms with E-state index in [-0.39, 0.29) is 11.9 Å². The van der Waals surface area contributed by atoms with E-state index in [4.69, 9.17) is 10.5 Å². The van der Waals surface area contributed by atoms with E-state index in [1.54, 1.807) is 19.2 Å². The molecule has 0 amide bonds. The molecule has 1 aromatic carbocycles. The summed E-state index contributed by atoms with van der Waals surface area (Å²) in [6, 6.07) is 4.54. The zero-order valence-electron chi connectivity index (χ0n) is 13.4. The number of methoxy groups -OCH3 is 1. The smallest absolute Gasteiger partial charge is 0.131 e. The van der Waals surface area contributed by atoms with E-state index in [9.17, 15) is 4.39 Å². The third-order valence-corrected chi connectivity index (χ3v) is 4.57. The highest BCUT2D eigenvalue weighted by atomic mass is 19.1. The Balaban J connectivity index is 1.92. The number of ether oxygens (including phenoxy) is 1. The van der Waals surface area contributed by atoms with Gasteiger partial charge in [-0.05, 0) is 56.4 Å². The first-order chi connectivity index (χ1) is 9.93. The molecule has 0 saturated carbocycles. The van der Waals surface area contributed by atoms with Crippen molar-refractivity contribution < 1.29 is 9.13 Å². The molecule has 118 valence electrons. The summed E-state index contributed by atoms with van der Waals surface area (Å²) in [6.45, 7) is 7.76. The summed E-state index contributed by atoms with van der Waals surface area (Å²) in [6.07, 6.45) is 3.17. The maximum absolute atomic E-state index is 14.0. The van der Waals surface area contributed by atoms with Crippen LogP contribution in [0.5, 0.6) is 5.75 Å². The van der Waals surface area contributed by atoms with Gasteiger partial charge in [-0.25, -0.2) is 4.39 Å². The second-order valence-electron chi connectivity index (χ2n) is 6.76. The highest BCUT2D eigenvalue weighted by molar-refractivity contribution is 5.37. The van der Waals surface area contributed by atoms with Crippen LogP contribution in [0.15, 0.2) is 18.2 Å². The molecule has 1 aliphatic heterocycles. The first-order valence-corrected chi connectivity index (χ1v) is 7.73. The molecule has 2 N–H and O–H groups in total. The van der Waals surface area contributed by atoms with Crippen LogP contribution in [0.1, 0.15) is 44.7 Å². The minimum atomic E-state index is -0.323.